The molecule has 0 aromatic carbocycles. The monoisotopic (exact) mass is 341 g/mol. The zero-order valence-electron chi connectivity index (χ0n) is 15.4. The molecule has 0 radical (unpaired) electrons. The Balaban J connectivity index is 1.52. The lowest BCUT2D eigenvalue weighted by Gasteiger charge is -2.38. The molecule has 1 aliphatic heterocycles. The third-order valence-electron chi connectivity index (χ3n) is 6.02. The number of aliphatic hydroxyl groups excluding tert-OH is 2. The fraction of sp³-hybridized carbons (Fsp3) is 1.00. The van der Waals surface area contributed by atoms with Crippen molar-refractivity contribution in [2.75, 3.05) is 26.4 Å². The van der Waals surface area contributed by atoms with Gasteiger partial charge in [-0.15, -0.1) is 0 Å². The van der Waals surface area contributed by atoms with E-state index in [4.69, 9.17) is 14.9 Å². The minimum Gasteiger partial charge on any atom is -0.396 e. The number of unbranched alkanes of at least 4 members (excludes halogenated alkanes) is 3. The van der Waals surface area contributed by atoms with Crippen molar-refractivity contribution < 1.29 is 14.9 Å². The Morgan fingerprint density at radius 3 is 2.21 bits per heavy atom. The lowest BCUT2D eigenvalue weighted by atomic mass is 9.78. The van der Waals surface area contributed by atoms with Crippen molar-refractivity contribution >= 4 is 0 Å². The second kappa shape index (κ2) is 12.2. The summed E-state index contributed by atoms with van der Waals surface area (Å²) in [6, 6.07) is 0.717. The van der Waals surface area contributed by atoms with E-state index in [1.165, 1.54) is 51.4 Å². The number of rotatable bonds is 11. The van der Waals surface area contributed by atoms with E-state index >= 15 is 0 Å². The van der Waals surface area contributed by atoms with Gasteiger partial charge in [0.15, 0.2) is 0 Å². The maximum Gasteiger partial charge on any atom is 0.0575 e. The summed E-state index contributed by atoms with van der Waals surface area (Å²) in [5.41, 5.74) is 0. The maximum atomic E-state index is 8.95. The number of piperidine rings is 1. The van der Waals surface area contributed by atoms with Gasteiger partial charge in [0.2, 0.25) is 0 Å². The SMILES string of the molecule is OCCCCCCOC1CCC(C2CCC(CCCO)CN2)CC1. The lowest BCUT2D eigenvalue weighted by Crippen LogP contribution is -2.45. The highest BCUT2D eigenvalue weighted by atomic mass is 16.5. The molecule has 2 aliphatic rings. The molecule has 4 heteroatoms. The average Bonchev–Trinajstić information content (AvgIpc) is 2.64. The fourth-order valence-electron chi connectivity index (χ4n) is 4.44. The quantitative estimate of drug-likeness (QED) is 0.505. The van der Waals surface area contributed by atoms with Crippen molar-refractivity contribution in [1.29, 1.82) is 0 Å². The van der Waals surface area contributed by atoms with E-state index in [9.17, 15) is 0 Å². The molecule has 0 spiro atoms. The third-order valence-corrected chi connectivity index (χ3v) is 6.02. The summed E-state index contributed by atoms with van der Waals surface area (Å²) < 4.78 is 6.05. The number of nitrogens with one attached hydrogen (secondary N) is 1. The van der Waals surface area contributed by atoms with Crippen LogP contribution in [-0.2, 0) is 4.74 Å². The minimum absolute atomic E-state index is 0.322. The third kappa shape index (κ3) is 7.38. The minimum atomic E-state index is 0.322. The van der Waals surface area contributed by atoms with Crippen LogP contribution in [0.5, 0.6) is 0 Å². The van der Waals surface area contributed by atoms with E-state index in [1.807, 2.05) is 0 Å². The molecule has 24 heavy (non-hydrogen) atoms. The maximum absolute atomic E-state index is 8.95. The van der Waals surface area contributed by atoms with Gasteiger partial charge in [-0.05, 0) is 82.6 Å². The zero-order valence-corrected chi connectivity index (χ0v) is 15.4. The van der Waals surface area contributed by atoms with Gasteiger partial charge in [0.05, 0.1) is 6.10 Å². The van der Waals surface area contributed by atoms with Gasteiger partial charge in [-0.2, -0.15) is 0 Å². The summed E-state index contributed by atoms with van der Waals surface area (Å²) in [4.78, 5) is 0. The van der Waals surface area contributed by atoms with Gasteiger partial charge in [-0.3, -0.25) is 0 Å². The average molecular weight is 342 g/mol. The Labute approximate surface area is 148 Å². The Morgan fingerprint density at radius 1 is 0.792 bits per heavy atom. The van der Waals surface area contributed by atoms with Gasteiger partial charge in [0.1, 0.15) is 0 Å². The first-order valence-corrected chi connectivity index (χ1v) is 10.4. The molecule has 1 saturated heterocycles. The molecule has 142 valence electrons. The molecular formula is C20H39NO3. The second-order valence-electron chi connectivity index (χ2n) is 7.87. The Morgan fingerprint density at radius 2 is 1.54 bits per heavy atom. The zero-order chi connectivity index (χ0) is 17.0. The van der Waals surface area contributed by atoms with Crippen LogP contribution in [0.2, 0.25) is 0 Å². The summed E-state index contributed by atoms with van der Waals surface area (Å²) in [5, 5.41) is 21.5. The summed E-state index contributed by atoms with van der Waals surface area (Å²) in [5.74, 6) is 1.62. The molecule has 2 rings (SSSR count). The van der Waals surface area contributed by atoms with Crippen LogP contribution < -0.4 is 5.32 Å². The molecule has 0 amide bonds. The van der Waals surface area contributed by atoms with Crippen LogP contribution in [0.25, 0.3) is 0 Å². The number of hydrogen-bond donors (Lipinski definition) is 3. The molecule has 0 aromatic rings. The van der Waals surface area contributed by atoms with Crippen molar-refractivity contribution in [2.24, 2.45) is 11.8 Å². The second-order valence-corrected chi connectivity index (χ2v) is 7.87. The van der Waals surface area contributed by atoms with Gasteiger partial charge in [0, 0.05) is 25.9 Å². The van der Waals surface area contributed by atoms with Gasteiger partial charge in [-0.1, -0.05) is 12.8 Å². The molecule has 0 aromatic heterocycles. The largest absolute Gasteiger partial charge is 0.396 e. The van der Waals surface area contributed by atoms with Crippen LogP contribution in [0.1, 0.15) is 77.0 Å². The van der Waals surface area contributed by atoms with E-state index in [1.54, 1.807) is 0 Å². The van der Waals surface area contributed by atoms with Crippen molar-refractivity contribution in [3.8, 4) is 0 Å². The Hall–Kier alpha value is -0.160. The van der Waals surface area contributed by atoms with Crippen molar-refractivity contribution in [3.63, 3.8) is 0 Å². The molecule has 2 unspecified atom stereocenters. The standard InChI is InChI=1S/C20H39NO3/c22-13-3-1-2-4-15-24-19-10-8-18(9-11-19)20-12-7-17(16-21-20)6-5-14-23/h17-23H,1-16H2. The van der Waals surface area contributed by atoms with E-state index in [-0.39, 0.29) is 0 Å². The number of ether oxygens (including phenoxy) is 1. The van der Waals surface area contributed by atoms with E-state index < -0.39 is 0 Å². The summed E-state index contributed by atoms with van der Waals surface area (Å²) >= 11 is 0. The highest BCUT2D eigenvalue weighted by Crippen LogP contribution is 2.33. The van der Waals surface area contributed by atoms with Crippen molar-refractivity contribution in [2.45, 2.75) is 89.2 Å². The van der Waals surface area contributed by atoms with Crippen molar-refractivity contribution in [1.82, 2.24) is 5.32 Å². The predicted molar refractivity (Wildman–Crippen MR) is 98.1 cm³/mol. The molecule has 4 nitrogen and oxygen atoms in total. The van der Waals surface area contributed by atoms with Crippen LogP contribution in [0.15, 0.2) is 0 Å². The molecule has 1 saturated carbocycles. The number of aliphatic hydroxyl groups is 2. The first-order chi connectivity index (χ1) is 11.8. The van der Waals surface area contributed by atoms with Crippen LogP contribution in [0.3, 0.4) is 0 Å². The Bertz CT molecular complexity index is 297. The first kappa shape index (κ1) is 20.2. The number of hydrogen-bond acceptors (Lipinski definition) is 4. The molecule has 2 atom stereocenters. The fourth-order valence-corrected chi connectivity index (χ4v) is 4.44. The van der Waals surface area contributed by atoms with Crippen LogP contribution in [0.4, 0.5) is 0 Å². The van der Waals surface area contributed by atoms with Gasteiger partial charge >= 0.3 is 0 Å². The van der Waals surface area contributed by atoms with E-state index in [0.717, 1.165) is 56.7 Å². The predicted octanol–water partition coefficient (Wildman–Crippen LogP) is 3.26. The van der Waals surface area contributed by atoms with E-state index in [0.29, 0.717) is 19.3 Å². The smallest absolute Gasteiger partial charge is 0.0575 e. The molecular weight excluding hydrogens is 302 g/mol. The molecule has 1 aliphatic carbocycles. The molecule has 2 fully saturated rings. The summed E-state index contributed by atoms with van der Waals surface area (Å²) in [7, 11) is 0. The summed E-state index contributed by atoms with van der Waals surface area (Å²) in [6.45, 7) is 2.71. The normalized spacial score (nSPS) is 31.2. The van der Waals surface area contributed by atoms with Gasteiger partial charge in [0.25, 0.3) is 0 Å². The van der Waals surface area contributed by atoms with Crippen molar-refractivity contribution in [3.05, 3.63) is 0 Å². The topological polar surface area (TPSA) is 61.7 Å². The van der Waals surface area contributed by atoms with Crippen LogP contribution >= 0.6 is 0 Å². The lowest BCUT2D eigenvalue weighted by molar-refractivity contribution is 0.00981. The van der Waals surface area contributed by atoms with Crippen LogP contribution in [0, 0.1) is 11.8 Å². The highest BCUT2D eigenvalue weighted by molar-refractivity contribution is 4.86. The molecule has 1 heterocycles. The highest BCUT2D eigenvalue weighted by Gasteiger charge is 2.30. The molecule has 3 N–H and O–H groups in total. The van der Waals surface area contributed by atoms with E-state index in [2.05, 4.69) is 5.32 Å². The first-order valence-electron chi connectivity index (χ1n) is 10.4. The van der Waals surface area contributed by atoms with Gasteiger partial charge < -0.3 is 20.3 Å². The van der Waals surface area contributed by atoms with Gasteiger partial charge in [-0.25, -0.2) is 0 Å². The molecule has 0 bridgehead atoms. The van der Waals surface area contributed by atoms with Crippen LogP contribution in [-0.4, -0.2) is 48.7 Å². The summed E-state index contributed by atoms with van der Waals surface area (Å²) in [6.07, 6.45) is 14.7. The Kier molecular flexibility index (Phi) is 10.3.